The molecule has 0 heterocycles. The Morgan fingerprint density at radius 2 is 2.22 bits per heavy atom. The summed E-state index contributed by atoms with van der Waals surface area (Å²) in [5.74, 6) is 4.04. The first-order valence-electron chi connectivity index (χ1n) is 3.97. The van der Waals surface area contributed by atoms with Gasteiger partial charge in [0, 0.05) is 0 Å². The zero-order chi connectivity index (χ0) is 6.43. The molecular formula is C9H14. The van der Waals surface area contributed by atoms with Gasteiger partial charge in [0.15, 0.2) is 0 Å². The van der Waals surface area contributed by atoms with E-state index in [1.807, 2.05) is 0 Å². The molecule has 0 aromatic heterocycles. The van der Waals surface area contributed by atoms with E-state index >= 15 is 0 Å². The lowest BCUT2D eigenvalue weighted by molar-refractivity contribution is 0.530. The molecule has 4 unspecified atom stereocenters. The van der Waals surface area contributed by atoms with E-state index in [0.717, 1.165) is 23.7 Å². The molecule has 2 aliphatic rings. The maximum absolute atomic E-state index is 3.85. The lowest BCUT2D eigenvalue weighted by Gasteiger charge is -2.04. The Bertz CT molecular complexity index is 137. The van der Waals surface area contributed by atoms with Crippen molar-refractivity contribution in [2.45, 2.75) is 19.8 Å². The lowest BCUT2D eigenvalue weighted by atomic mass is 10.0. The summed E-state index contributed by atoms with van der Waals surface area (Å²) >= 11 is 0. The van der Waals surface area contributed by atoms with Crippen LogP contribution in [0.15, 0.2) is 12.7 Å². The van der Waals surface area contributed by atoms with Gasteiger partial charge in [0.1, 0.15) is 0 Å². The minimum Gasteiger partial charge on any atom is -0.103 e. The van der Waals surface area contributed by atoms with Crippen LogP contribution >= 0.6 is 0 Å². The highest BCUT2D eigenvalue weighted by Gasteiger charge is 2.53. The van der Waals surface area contributed by atoms with Crippen LogP contribution < -0.4 is 0 Å². The van der Waals surface area contributed by atoms with Gasteiger partial charge in [0.05, 0.1) is 0 Å². The maximum atomic E-state index is 3.85. The summed E-state index contributed by atoms with van der Waals surface area (Å²) in [5.41, 5.74) is 0. The summed E-state index contributed by atoms with van der Waals surface area (Å²) in [4.78, 5) is 0. The van der Waals surface area contributed by atoms with Crippen LogP contribution in [0.1, 0.15) is 19.8 Å². The predicted octanol–water partition coefficient (Wildman–Crippen LogP) is 2.46. The third kappa shape index (κ3) is 0.593. The molecule has 2 aliphatic carbocycles. The monoisotopic (exact) mass is 122 g/mol. The van der Waals surface area contributed by atoms with Crippen molar-refractivity contribution in [1.29, 1.82) is 0 Å². The molecule has 0 amide bonds. The quantitative estimate of drug-likeness (QED) is 0.469. The molecule has 0 radical (unpaired) electrons. The van der Waals surface area contributed by atoms with Crippen LogP contribution in [0.2, 0.25) is 0 Å². The van der Waals surface area contributed by atoms with E-state index in [-0.39, 0.29) is 0 Å². The molecule has 0 N–H and O–H groups in total. The molecule has 0 nitrogen and oxygen atoms in total. The van der Waals surface area contributed by atoms with Crippen LogP contribution in [-0.4, -0.2) is 0 Å². The minimum atomic E-state index is 0.880. The highest BCUT2D eigenvalue weighted by molar-refractivity contribution is 5.07. The molecule has 50 valence electrons. The van der Waals surface area contributed by atoms with Crippen LogP contribution in [0.5, 0.6) is 0 Å². The fraction of sp³-hybridized carbons (Fsp3) is 0.778. The van der Waals surface area contributed by atoms with Crippen molar-refractivity contribution in [2.75, 3.05) is 0 Å². The molecule has 0 aliphatic heterocycles. The average Bonchev–Trinajstić information content (AvgIpc) is 2.41. The summed E-state index contributed by atoms with van der Waals surface area (Å²) in [6.45, 7) is 6.23. The molecule has 2 saturated carbocycles. The third-order valence-electron chi connectivity index (χ3n) is 3.27. The van der Waals surface area contributed by atoms with Crippen molar-refractivity contribution in [2.24, 2.45) is 23.7 Å². The minimum absolute atomic E-state index is 0.880. The van der Waals surface area contributed by atoms with Gasteiger partial charge >= 0.3 is 0 Å². The van der Waals surface area contributed by atoms with Gasteiger partial charge in [-0.15, -0.1) is 6.58 Å². The first-order chi connectivity index (χ1) is 4.34. The van der Waals surface area contributed by atoms with Crippen LogP contribution in [0, 0.1) is 23.7 Å². The van der Waals surface area contributed by atoms with Crippen LogP contribution in [0.4, 0.5) is 0 Å². The molecule has 0 spiro atoms. The van der Waals surface area contributed by atoms with E-state index in [9.17, 15) is 0 Å². The van der Waals surface area contributed by atoms with Gasteiger partial charge in [-0.25, -0.2) is 0 Å². The number of allylic oxidation sites excluding steroid dienone is 1. The molecule has 4 atom stereocenters. The molecule has 2 fully saturated rings. The van der Waals surface area contributed by atoms with E-state index in [2.05, 4.69) is 19.6 Å². The number of rotatable bonds is 1. The number of fused-ring (bicyclic) bond motifs is 1. The highest BCUT2D eigenvalue weighted by Crippen LogP contribution is 2.60. The van der Waals surface area contributed by atoms with Gasteiger partial charge in [-0.1, -0.05) is 13.0 Å². The zero-order valence-electron chi connectivity index (χ0n) is 6.01. The van der Waals surface area contributed by atoms with Crippen LogP contribution in [-0.2, 0) is 0 Å². The van der Waals surface area contributed by atoms with E-state index in [1.165, 1.54) is 12.8 Å². The zero-order valence-corrected chi connectivity index (χ0v) is 6.01. The van der Waals surface area contributed by atoms with Gasteiger partial charge in [0.25, 0.3) is 0 Å². The first kappa shape index (κ1) is 5.52. The Labute approximate surface area is 57.0 Å². The van der Waals surface area contributed by atoms with Gasteiger partial charge < -0.3 is 0 Å². The average molecular weight is 122 g/mol. The topological polar surface area (TPSA) is 0 Å². The van der Waals surface area contributed by atoms with E-state index in [1.54, 1.807) is 0 Å². The van der Waals surface area contributed by atoms with Crippen LogP contribution in [0.25, 0.3) is 0 Å². The number of hydrogen-bond acceptors (Lipinski definition) is 0. The third-order valence-corrected chi connectivity index (χ3v) is 3.27. The molecule has 0 saturated heterocycles. The first-order valence-corrected chi connectivity index (χ1v) is 3.97. The second kappa shape index (κ2) is 1.62. The normalized spacial score (nSPS) is 54.8. The highest BCUT2D eigenvalue weighted by atomic mass is 14.6. The SMILES string of the molecule is C=CC1CCC2C(C)C12. The Morgan fingerprint density at radius 1 is 1.44 bits per heavy atom. The lowest BCUT2D eigenvalue weighted by Crippen LogP contribution is -1.95. The van der Waals surface area contributed by atoms with Crippen molar-refractivity contribution >= 4 is 0 Å². The fourth-order valence-electron chi connectivity index (χ4n) is 2.59. The second-order valence-corrected chi connectivity index (χ2v) is 3.58. The molecule has 0 bridgehead atoms. The molecule has 0 aromatic carbocycles. The van der Waals surface area contributed by atoms with Gasteiger partial charge in [-0.3, -0.25) is 0 Å². The maximum Gasteiger partial charge on any atom is -0.0202 e. The van der Waals surface area contributed by atoms with E-state index in [4.69, 9.17) is 0 Å². The van der Waals surface area contributed by atoms with Gasteiger partial charge in [-0.05, 0) is 36.5 Å². The van der Waals surface area contributed by atoms with Crippen molar-refractivity contribution in [3.05, 3.63) is 12.7 Å². The summed E-state index contributed by atoms with van der Waals surface area (Å²) in [5, 5.41) is 0. The van der Waals surface area contributed by atoms with E-state index < -0.39 is 0 Å². The molecule has 0 aromatic rings. The van der Waals surface area contributed by atoms with Gasteiger partial charge in [0.2, 0.25) is 0 Å². The van der Waals surface area contributed by atoms with Crippen molar-refractivity contribution in [1.82, 2.24) is 0 Å². The Balaban J connectivity index is 2.06. The molecular weight excluding hydrogens is 108 g/mol. The summed E-state index contributed by atoms with van der Waals surface area (Å²) in [6, 6.07) is 0. The predicted molar refractivity (Wildman–Crippen MR) is 39.1 cm³/mol. The summed E-state index contributed by atoms with van der Waals surface area (Å²) in [7, 11) is 0. The van der Waals surface area contributed by atoms with Crippen molar-refractivity contribution < 1.29 is 0 Å². The fourth-order valence-corrected chi connectivity index (χ4v) is 2.59. The Hall–Kier alpha value is -0.260. The Morgan fingerprint density at radius 3 is 2.56 bits per heavy atom. The van der Waals surface area contributed by atoms with Crippen LogP contribution in [0.3, 0.4) is 0 Å². The molecule has 9 heavy (non-hydrogen) atoms. The van der Waals surface area contributed by atoms with Gasteiger partial charge in [-0.2, -0.15) is 0 Å². The Kier molecular flexibility index (Phi) is 0.992. The second-order valence-electron chi connectivity index (χ2n) is 3.58. The number of hydrogen-bond donors (Lipinski definition) is 0. The summed E-state index contributed by atoms with van der Waals surface area (Å²) in [6.07, 6.45) is 5.06. The standard InChI is InChI=1S/C9H14/c1-3-7-4-5-8-6(2)9(7)8/h3,6-9H,1,4-5H2,2H3. The summed E-state index contributed by atoms with van der Waals surface area (Å²) < 4.78 is 0. The van der Waals surface area contributed by atoms with E-state index in [0.29, 0.717) is 0 Å². The molecule has 0 heteroatoms. The largest absolute Gasteiger partial charge is 0.103 e. The molecule has 2 rings (SSSR count). The van der Waals surface area contributed by atoms with Crippen molar-refractivity contribution in [3.8, 4) is 0 Å². The smallest absolute Gasteiger partial charge is 0.0202 e. The van der Waals surface area contributed by atoms with Crippen molar-refractivity contribution in [3.63, 3.8) is 0 Å².